The summed E-state index contributed by atoms with van der Waals surface area (Å²) in [5, 5.41) is 0.938. The molecule has 1 atom stereocenters. The number of aryl methyl sites for hydroxylation is 3. The first-order chi connectivity index (χ1) is 8.74. The maximum absolute atomic E-state index is 12.2. The predicted molar refractivity (Wildman–Crippen MR) is 73.4 cm³/mol. The van der Waals surface area contributed by atoms with Gasteiger partial charge in [0.05, 0.1) is 5.39 Å². The molecular weight excluding hydrogens is 244 g/mol. The Morgan fingerprint density at radius 1 is 1.39 bits per heavy atom. The van der Waals surface area contributed by atoms with Crippen molar-refractivity contribution < 1.29 is 0 Å². The third-order valence-corrected chi connectivity index (χ3v) is 5.55. The van der Waals surface area contributed by atoms with Crippen LogP contribution in [-0.2, 0) is 25.8 Å². The molecule has 1 unspecified atom stereocenters. The molecule has 0 amide bonds. The van der Waals surface area contributed by atoms with Crippen LogP contribution in [0.2, 0.25) is 0 Å². The summed E-state index contributed by atoms with van der Waals surface area (Å²) in [7, 11) is 0. The highest BCUT2D eigenvalue weighted by Crippen LogP contribution is 2.37. The van der Waals surface area contributed by atoms with Crippen molar-refractivity contribution in [2.45, 2.75) is 45.6 Å². The molecule has 0 N–H and O–H groups in total. The lowest BCUT2D eigenvalue weighted by Crippen LogP contribution is -2.16. The summed E-state index contributed by atoms with van der Waals surface area (Å²) in [6.07, 6.45) is 5.50. The summed E-state index contributed by atoms with van der Waals surface area (Å²) < 4.78 is 2.28. The lowest BCUT2D eigenvalue weighted by atomic mass is 9.89. The quantitative estimate of drug-likeness (QED) is 0.729. The van der Waals surface area contributed by atoms with Crippen LogP contribution >= 0.6 is 11.3 Å². The highest BCUT2D eigenvalue weighted by molar-refractivity contribution is 7.18. The van der Waals surface area contributed by atoms with E-state index >= 15 is 0 Å². The van der Waals surface area contributed by atoms with Gasteiger partial charge in [-0.2, -0.15) is 4.98 Å². The van der Waals surface area contributed by atoms with Crippen LogP contribution in [0.15, 0.2) is 4.79 Å². The van der Waals surface area contributed by atoms with Crippen molar-refractivity contribution in [3.8, 4) is 0 Å². The van der Waals surface area contributed by atoms with E-state index in [1.807, 2.05) is 11.3 Å². The molecule has 0 bridgehead atoms. The van der Waals surface area contributed by atoms with E-state index in [1.165, 1.54) is 21.7 Å². The molecule has 4 rings (SSSR count). The van der Waals surface area contributed by atoms with Gasteiger partial charge in [0.15, 0.2) is 0 Å². The number of hydrogen-bond acceptors (Lipinski definition) is 3. The SMILES string of the molecule is CC1CCc2c(sc3c2c(=O)nc2n3CCC2)C1. The van der Waals surface area contributed by atoms with Gasteiger partial charge in [0.25, 0.3) is 5.56 Å². The standard InChI is InChI=1S/C14H16N2OS/c1-8-4-5-9-10(7-8)18-14-12(9)13(17)15-11-3-2-6-16(11)14/h8H,2-7H2,1H3. The van der Waals surface area contributed by atoms with Gasteiger partial charge in [-0.05, 0) is 37.2 Å². The number of nitrogens with zero attached hydrogens (tertiary/aromatic N) is 2. The lowest BCUT2D eigenvalue weighted by molar-refractivity contribution is 0.509. The molecule has 4 heteroatoms. The molecule has 0 fully saturated rings. The third kappa shape index (κ3) is 1.35. The molecule has 2 aromatic rings. The summed E-state index contributed by atoms with van der Waals surface area (Å²) >= 11 is 1.85. The molecule has 0 aromatic carbocycles. The van der Waals surface area contributed by atoms with E-state index < -0.39 is 0 Å². The monoisotopic (exact) mass is 260 g/mol. The van der Waals surface area contributed by atoms with Crippen LogP contribution in [0.4, 0.5) is 0 Å². The second kappa shape index (κ2) is 3.67. The normalized spacial score (nSPS) is 22.2. The van der Waals surface area contributed by atoms with Gasteiger partial charge in [-0.25, -0.2) is 0 Å². The van der Waals surface area contributed by atoms with Crippen molar-refractivity contribution in [1.29, 1.82) is 0 Å². The minimum absolute atomic E-state index is 0.0187. The van der Waals surface area contributed by atoms with Crippen LogP contribution in [0.3, 0.4) is 0 Å². The van der Waals surface area contributed by atoms with E-state index in [2.05, 4.69) is 16.5 Å². The molecule has 94 valence electrons. The number of rotatable bonds is 0. The van der Waals surface area contributed by atoms with E-state index in [1.54, 1.807) is 0 Å². The molecule has 0 saturated carbocycles. The summed E-state index contributed by atoms with van der Waals surface area (Å²) in [6, 6.07) is 0. The zero-order valence-corrected chi connectivity index (χ0v) is 11.3. The lowest BCUT2D eigenvalue weighted by Gasteiger charge is -2.17. The van der Waals surface area contributed by atoms with Gasteiger partial charge < -0.3 is 4.57 Å². The van der Waals surface area contributed by atoms with Crippen molar-refractivity contribution in [3.05, 3.63) is 26.6 Å². The molecule has 2 aliphatic rings. The van der Waals surface area contributed by atoms with Gasteiger partial charge in [-0.1, -0.05) is 6.92 Å². The fourth-order valence-electron chi connectivity index (χ4n) is 3.31. The van der Waals surface area contributed by atoms with Crippen molar-refractivity contribution in [1.82, 2.24) is 9.55 Å². The third-order valence-electron chi connectivity index (χ3n) is 4.28. The van der Waals surface area contributed by atoms with Gasteiger partial charge in [0, 0.05) is 17.8 Å². The minimum Gasteiger partial charge on any atom is -0.321 e. The van der Waals surface area contributed by atoms with E-state index in [4.69, 9.17) is 0 Å². The Labute approximate surface area is 109 Å². The Morgan fingerprint density at radius 2 is 2.28 bits per heavy atom. The van der Waals surface area contributed by atoms with E-state index in [-0.39, 0.29) is 5.56 Å². The molecule has 0 saturated heterocycles. The molecule has 2 aromatic heterocycles. The number of aromatic nitrogens is 2. The van der Waals surface area contributed by atoms with Gasteiger partial charge in [0.2, 0.25) is 0 Å². The summed E-state index contributed by atoms with van der Waals surface area (Å²) in [5.74, 6) is 1.76. The largest absolute Gasteiger partial charge is 0.321 e. The average molecular weight is 260 g/mol. The zero-order valence-electron chi connectivity index (χ0n) is 10.5. The van der Waals surface area contributed by atoms with Crippen LogP contribution in [0.25, 0.3) is 10.2 Å². The average Bonchev–Trinajstić information content (AvgIpc) is 2.91. The fourth-order valence-corrected chi connectivity index (χ4v) is 4.86. The number of fused-ring (bicyclic) bond motifs is 5. The van der Waals surface area contributed by atoms with Crippen LogP contribution < -0.4 is 5.56 Å². The Hall–Kier alpha value is -1.16. The van der Waals surface area contributed by atoms with Gasteiger partial charge >= 0.3 is 0 Å². The second-order valence-electron chi connectivity index (χ2n) is 5.62. The number of thiophene rings is 1. The molecule has 0 spiro atoms. The van der Waals surface area contributed by atoms with Crippen LogP contribution in [0.5, 0.6) is 0 Å². The topological polar surface area (TPSA) is 34.9 Å². The molecular formula is C14H16N2OS. The Kier molecular flexibility index (Phi) is 2.19. The first-order valence-electron chi connectivity index (χ1n) is 6.78. The highest BCUT2D eigenvalue weighted by Gasteiger charge is 2.25. The fraction of sp³-hybridized carbons (Fsp3) is 0.571. The Balaban J connectivity index is 2.08. The summed E-state index contributed by atoms with van der Waals surface area (Å²) in [5.41, 5.74) is 1.33. The molecule has 1 aliphatic heterocycles. The number of hydrogen-bond donors (Lipinski definition) is 0. The van der Waals surface area contributed by atoms with Crippen molar-refractivity contribution >= 4 is 21.6 Å². The van der Waals surface area contributed by atoms with Crippen LogP contribution in [0.1, 0.15) is 36.0 Å². The Morgan fingerprint density at radius 3 is 3.17 bits per heavy atom. The smallest absolute Gasteiger partial charge is 0.281 e. The van der Waals surface area contributed by atoms with Crippen molar-refractivity contribution in [2.24, 2.45) is 5.92 Å². The van der Waals surface area contributed by atoms with Crippen molar-refractivity contribution in [2.75, 3.05) is 0 Å². The Bertz CT molecular complexity index is 698. The molecule has 18 heavy (non-hydrogen) atoms. The maximum Gasteiger partial charge on any atom is 0.281 e. The van der Waals surface area contributed by atoms with Gasteiger partial charge in [0.1, 0.15) is 10.7 Å². The first-order valence-corrected chi connectivity index (χ1v) is 7.59. The van der Waals surface area contributed by atoms with Crippen LogP contribution in [0, 0.1) is 5.92 Å². The molecule has 3 nitrogen and oxygen atoms in total. The first kappa shape index (κ1) is 10.7. The summed E-state index contributed by atoms with van der Waals surface area (Å²) in [4.78, 5) is 19.2. The highest BCUT2D eigenvalue weighted by atomic mass is 32.1. The maximum atomic E-state index is 12.2. The molecule has 3 heterocycles. The van der Waals surface area contributed by atoms with Crippen molar-refractivity contribution in [3.63, 3.8) is 0 Å². The second-order valence-corrected chi connectivity index (χ2v) is 6.70. The zero-order chi connectivity index (χ0) is 12.3. The predicted octanol–water partition coefficient (Wildman–Crippen LogP) is 2.53. The molecule has 0 radical (unpaired) electrons. The molecule has 1 aliphatic carbocycles. The van der Waals surface area contributed by atoms with E-state index in [0.29, 0.717) is 0 Å². The van der Waals surface area contributed by atoms with E-state index in [0.717, 1.165) is 49.4 Å². The minimum atomic E-state index is 0.0187. The van der Waals surface area contributed by atoms with Crippen LogP contribution in [-0.4, -0.2) is 9.55 Å². The van der Waals surface area contributed by atoms with Gasteiger partial charge in [-0.3, -0.25) is 4.79 Å². The van der Waals surface area contributed by atoms with E-state index in [9.17, 15) is 4.79 Å². The summed E-state index contributed by atoms with van der Waals surface area (Å²) in [6.45, 7) is 3.34. The van der Waals surface area contributed by atoms with Gasteiger partial charge in [-0.15, -0.1) is 11.3 Å².